The van der Waals surface area contributed by atoms with Crippen LogP contribution in [0, 0.1) is 0 Å². The molecular formula is C17H22ClN5O3. The Bertz CT molecular complexity index is 750. The number of amides is 1. The minimum atomic E-state index is -0.349. The first-order chi connectivity index (χ1) is 12.2. The fraction of sp³-hybridized carbons (Fsp3) is 0.412. The second-order valence-corrected chi connectivity index (χ2v) is 5.86. The minimum absolute atomic E-state index is 0. The van der Waals surface area contributed by atoms with Crippen molar-refractivity contribution in [3.8, 4) is 0 Å². The standard InChI is InChI=1S/C17H21N5O3.ClH/c1-25-15(23)5-9-22(11-12-2-6-18-7-3-12)17(24)16-13-10-19-8-4-14(13)20-21-16;/h2-3,6-7,19H,4-5,8-11H2,1H3,(H,20,21);1H. The Labute approximate surface area is 157 Å². The second-order valence-electron chi connectivity index (χ2n) is 5.86. The monoisotopic (exact) mass is 379 g/mol. The van der Waals surface area contributed by atoms with E-state index >= 15 is 0 Å². The quantitative estimate of drug-likeness (QED) is 0.728. The van der Waals surface area contributed by atoms with Crippen LogP contribution in [0.1, 0.15) is 33.7 Å². The topological polar surface area (TPSA) is 100 Å². The Morgan fingerprint density at radius 2 is 2.08 bits per heavy atom. The van der Waals surface area contributed by atoms with Crippen LogP contribution in [0.5, 0.6) is 0 Å². The Morgan fingerprint density at radius 3 is 2.81 bits per heavy atom. The van der Waals surface area contributed by atoms with E-state index in [1.165, 1.54) is 7.11 Å². The molecule has 8 nitrogen and oxygen atoms in total. The van der Waals surface area contributed by atoms with Crippen molar-refractivity contribution in [1.29, 1.82) is 0 Å². The molecule has 3 heterocycles. The molecule has 1 aliphatic heterocycles. The van der Waals surface area contributed by atoms with Gasteiger partial charge in [0, 0.05) is 56.3 Å². The molecule has 0 radical (unpaired) electrons. The summed E-state index contributed by atoms with van der Waals surface area (Å²) in [5.74, 6) is -0.542. The normalized spacial score (nSPS) is 12.7. The number of halogens is 1. The Balaban J connectivity index is 0.00000243. The van der Waals surface area contributed by atoms with Gasteiger partial charge in [-0.2, -0.15) is 5.10 Å². The van der Waals surface area contributed by atoms with Gasteiger partial charge in [-0.1, -0.05) is 0 Å². The van der Waals surface area contributed by atoms with E-state index in [0.29, 0.717) is 18.8 Å². The number of nitrogens with zero attached hydrogens (tertiary/aromatic N) is 3. The van der Waals surface area contributed by atoms with E-state index in [2.05, 4.69) is 20.5 Å². The van der Waals surface area contributed by atoms with Crippen molar-refractivity contribution in [1.82, 2.24) is 25.4 Å². The smallest absolute Gasteiger partial charge is 0.307 e. The fourth-order valence-corrected chi connectivity index (χ4v) is 2.84. The molecule has 0 aromatic carbocycles. The number of methoxy groups -OCH3 is 1. The summed E-state index contributed by atoms with van der Waals surface area (Å²) in [6.45, 7) is 2.13. The van der Waals surface area contributed by atoms with Crippen molar-refractivity contribution in [3.63, 3.8) is 0 Å². The highest BCUT2D eigenvalue weighted by Gasteiger charge is 2.26. The molecule has 140 valence electrons. The van der Waals surface area contributed by atoms with Gasteiger partial charge >= 0.3 is 5.97 Å². The number of pyridine rings is 1. The molecule has 2 aromatic rings. The molecule has 0 atom stereocenters. The van der Waals surface area contributed by atoms with Gasteiger partial charge in [0.05, 0.1) is 13.5 Å². The van der Waals surface area contributed by atoms with E-state index < -0.39 is 0 Å². The highest BCUT2D eigenvalue weighted by Crippen LogP contribution is 2.18. The third-order valence-corrected chi connectivity index (χ3v) is 4.23. The third-order valence-electron chi connectivity index (χ3n) is 4.23. The summed E-state index contributed by atoms with van der Waals surface area (Å²) in [4.78, 5) is 30.2. The van der Waals surface area contributed by atoms with Gasteiger partial charge in [0.2, 0.25) is 0 Å². The molecule has 0 aliphatic carbocycles. The van der Waals surface area contributed by atoms with Crippen molar-refractivity contribution in [2.45, 2.75) is 25.9 Å². The van der Waals surface area contributed by atoms with Gasteiger partial charge in [0.25, 0.3) is 5.91 Å². The zero-order valence-corrected chi connectivity index (χ0v) is 15.3. The molecule has 0 saturated heterocycles. The number of rotatable bonds is 6. The number of carbonyl (C=O) groups is 2. The number of aromatic amines is 1. The van der Waals surface area contributed by atoms with Crippen molar-refractivity contribution in [2.75, 3.05) is 20.2 Å². The van der Waals surface area contributed by atoms with Crippen LogP contribution in [0.4, 0.5) is 0 Å². The number of nitrogens with one attached hydrogen (secondary N) is 2. The Kier molecular flexibility index (Phi) is 7.11. The van der Waals surface area contributed by atoms with Gasteiger partial charge < -0.3 is 15.0 Å². The van der Waals surface area contributed by atoms with E-state index in [4.69, 9.17) is 4.74 Å². The largest absolute Gasteiger partial charge is 0.469 e. The van der Waals surface area contributed by atoms with E-state index in [1.54, 1.807) is 17.3 Å². The molecule has 26 heavy (non-hydrogen) atoms. The zero-order valence-electron chi connectivity index (χ0n) is 14.5. The summed E-state index contributed by atoms with van der Waals surface area (Å²) in [5, 5.41) is 10.4. The second kappa shape index (κ2) is 9.30. The van der Waals surface area contributed by atoms with Crippen molar-refractivity contribution >= 4 is 24.3 Å². The molecule has 2 N–H and O–H groups in total. The summed E-state index contributed by atoms with van der Waals surface area (Å²) in [6.07, 6.45) is 4.32. The highest BCUT2D eigenvalue weighted by molar-refractivity contribution is 5.94. The van der Waals surface area contributed by atoms with Gasteiger partial charge in [0.15, 0.2) is 5.69 Å². The average molecular weight is 380 g/mol. The first-order valence-corrected chi connectivity index (χ1v) is 8.21. The predicted molar refractivity (Wildman–Crippen MR) is 96.9 cm³/mol. The average Bonchev–Trinajstić information content (AvgIpc) is 3.09. The molecule has 0 saturated carbocycles. The first kappa shape index (κ1) is 19.9. The molecule has 0 unspecified atom stereocenters. The van der Waals surface area contributed by atoms with E-state index in [0.717, 1.165) is 29.8 Å². The van der Waals surface area contributed by atoms with Crippen LogP contribution in [0.15, 0.2) is 24.5 Å². The SMILES string of the molecule is COC(=O)CCN(Cc1ccncc1)C(=O)c1n[nH]c2c1CNCC2.Cl. The van der Waals surface area contributed by atoms with E-state index in [9.17, 15) is 9.59 Å². The number of ether oxygens (including phenoxy) is 1. The van der Waals surface area contributed by atoms with E-state index in [-0.39, 0.29) is 37.2 Å². The number of carbonyl (C=O) groups excluding carboxylic acids is 2. The van der Waals surface area contributed by atoms with Gasteiger partial charge in [-0.25, -0.2) is 0 Å². The van der Waals surface area contributed by atoms with Crippen molar-refractivity contribution in [2.24, 2.45) is 0 Å². The molecule has 2 aromatic heterocycles. The van der Waals surface area contributed by atoms with Gasteiger partial charge in [-0.05, 0) is 17.7 Å². The number of aromatic nitrogens is 3. The third kappa shape index (κ3) is 4.59. The van der Waals surface area contributed by atoms with Gasteiger partial charge in [0.1, 0.15) is 0 Å². The lowest BCUT2D eigenvalue weighted by molar-refractivity contribution is -0.140. The van der Waals surface area contributed by atoms with Crippen LogP contribution < -0.4 is 5.32 Å². The minimum Gasteiger partial charge on any atom is -0.469 e. The van der Waals surface area contributed by atoms with E-state index in [1.807, 2.05) is 12.1 Å². The van der Waals surface area contributed by atoms with Crippen molar-refractivity contribution < 1.29 is 14.3 Å². The van der Waals surface area contributed by atoms with Crippen LogP contribution in [0.25, 0.3) is 0 Å². The highest BCUT2D eigenvalue weighted by atomic mass is 35.5. The number of hydrogen-bond donors (Lipinski definition) is 2. The molecule has 3 rings (SSSR count). The zero-order chi connectivity index (χ0) is 17.6. The van der Waals surface area contributed by atoms with Crippen LogP contribution in [-0.4, -0.2) is 52.2 Å². The molecule has 1 amide bonds. The lowest BCUT2D eigenvalue weighted by Gasteiger charge is -2.22. The number of esters is 1. The van der Waals surface area contributed by atoms with Crippen LogP contribution in [-0.2, 0) is 29.0 Å². The molecule has 0 fully saturated rings. The Morgan fingerprint density at radius 1 is 1.31 bits per heavy atom. The first-order valence-electron chi connectivity index (χ1n) is 8.21. The van der Waals surface area contributed by atoms with Gasteiger partial charge in [-0.15, -0.1) is 12.4 Å². The summed E-state index contributed by atoms with van der Waals surface area (Å²) < 4.78 is 4.69. The lowest BCUT2D eigenvalue weighted by atomic mass is 10.1. The maximum Gasteiger partial charge on any atom is 0.307 e. The summed E-state index contributed by atoms with van der Waals surface area (Å²) >= 11 is 0. The predicted octanol–water partition coefficient (Wildman–Crippen LogP) is 1.08. The molecular weight excluding hydrogens is 358 g/mol. The fourth-order valence-electron chi connectivity index (χ4n) is 2.84. The van der Waals surface area contributed by atoms with Crippen LogP contribution >= 0.6 is 12.4 Å². The Hall–Kier alpha value is -2.45. The molecule has 9 heteroatoms. The van der Waals surface area contributed by atoms with Gasteiger partial charge in [-0.3, -0.25) is 19.7 Å². The maximum atomic E-state index is 13.0. The summed E-state index contributed by atoms with van der Waals surface area (Å²) in [5.41, 5.74) is 3.27. The maximum absolute atomic E-state index is 13.0. The van der Waals surface area contributed by atoms with Crippen LogP contribution in [0.3, 0.4) is 0 Å². The number of hydrogen-bond acceptors (Lipinski definition) is 6. The van der Waals surface area contributed by atoms with Crippen molar-refractivity contribution in [3.05, 3.63) is 47.0 Å². The molecule has 0 spiro atoms. The van der Waals surface area contributed by atoms with Crippen LogP contribution in [0.2, 0.25) is 0 Å². The molecule has 1 aliphatic rings. The molecule has 0 bridgehead atoms. The number of H-pyrrole nitrogens is 1. The summed E-state index contributed by atoms with van der Waals surface area (Å²) in [6, 6.07) is 3.69. The lowest BCUT2D eigenvalue weighted by Crippen LogP contribution is -2.34. The number of fused-ring (bicyclic) bond motifs is 1. The summed E-state index contributed by atoms with van der Waals surface area (Å²) in [7, 11) is 1.34.